The summed E-state index contributed by atoms with van der Waals surface area (Å²) in [6.07, 6.45) is -5.59. The predicted molar refractivity (Wildman–Crippen MR) is 233 cm³/mol. The van der Waals surface area contributed by atoms with Gasteiger partial charge in [-0.3, -0.25) is 19.1 Å². The summed E-state index contributed by atoms with van der Waals surface area (Å²) in [7, 11) is 1.41. The first-order valence-corrected chi connectivity index (χ1v) is 22.1. The van der Waals surface area contributed by atoms with Crippen LogP contribution in [0.3, 0.4) is 0 Å². The Labute approximate surface area is 372 Å². The van der Waals surface area contributed by atoms with E-state index in [-0.39, 0.29) is 64.7 Å². The van der Waals surface area contributed by atoms with Crippen LogP contribution in [0.15, 0.2) is 94.6 Å². The molecule has 2 heterocycles. The highest BCUT2D eigenvalue weighted by Crippen LogP contribution is 2.50. The summed E-state index contributed by atoms with van der Waals surface area (Å²) < 4.78 is 90.1. The Morgan fingerprint density at radius 3 is 1.94 bits per heavy atom. The Hall–Kier alpha value is -4.65. The molecule has 350 valence electrons. The number of alkyl halides is 3. The highest BCUT2D eigenvalue weighted by atomic mass is 31.2. The second-order valence-corrected chi connectivity index (χ2v) is 16.8. The average Bonchev–Trinajstić information content (AvgIpc) is 3.67. The van der Waals surface area contributed by atoms with Gasteiger partial charge in [-0.15, -0.1) is 0 Å². The van der Waals surface area contributed by atoms with Crippen LogP contribution < -0.4 is 26.0 Å². The van der Waals surface area contributed by atoms with E-state index in [1.165, 1.54) is 10.8 Å². The minimum atomic E-state index is -4.96. The number of nitrogens with one attached hydrogen (secondary N) is 2. The van der Waals surface area contributed by atoms with Crippen molar-refractivity contribution >= 4 is 14.4 Å². The maximum Gasteiger partial charge on any atom is 0.471 e. The van der Waals surface area contributed by atoms with E-state index in [4.69, 9.17) is 37.5 Å². The molecular weight excluding hydrogens is 860 g/mol. The summed E-state index contributed by atoms with van der Waals surface area (Å²) in [5.41, 5.74) is 0.449. The number of carbonyl (C=O) groups is 1. The molecule has 1 aliphatic rings. The topological polar surface area (TPSA) is 161 Å². The first kappa shape index (κ1) is 50.4. The number of H-pyrrole nitrogens is 1. The van der Waals surface area contributed by atoms with E-state index in [0.717, 1.165) is 16.7 Å². The number of aryl methyl sites for hydroxylation is 1. The first-order valence-electron chi connectivity index (χ1n) is 20.9. The van der Waals surface area contributed by atoms with Gasteiger partial charge in [0.15, 0.2) is 0 Å². The Morgan fingerprint density at radius 2 is 1.39 bits per heavy atom. The summed E-state index contributed by atoms with van der Waals surface area (Å²) in [4.78, 5) is 39.0. The number of hydrogen-bond acceptors (Lipinski definition) is 12. The lowest BCUT2D eigenvalue weighted by molar-refractivity contribution is -0.173. The molecular formula is C45H58F3N4O11P. The molecule has 0 radical (unpaired) electrons. The standard InChI is InChI=1S/C45H58F3N4O11P/c1-30(2)52(31(3)4)64(61-26-25-59-24-23-58-22-21-49-42(54)45(46,47)48)63-38-27-40(51-28-32(5)41(53)50-43(51)55)62-39(38)29-60-44(33-11-9-8-10-12-33,34-13-17-36(56-6)18-14-34)35-15-19-37(57-7)20-16-35/h8-20,28,30-31,38-40H,21-27,29H2,1-7H3,(H,49,54)(H,50,53,55)/t38-,39+,40+,64?/m0/s1. The summed E-state index contributed by atoms with van der Waals surface area (Å²) in [6, 6.07) is 25.0. The molecule has 0 saturated carbocycles. The smallest absolute Gasteiger partial charge is 0.471 e. The monoisotopic (exact) mass is 918 g/mol. The lowest BCUT2D eigenvalue weighted by Gasteiger charge is -2.39. The molecule has 0 spiro atoms. The molecule has 19 heteroatoms. The second-order valence-electron chi connectivity index (χ2n) is 15.4. The predicted octanol–water partition coefficient (Wildman–Crippen LogP) is 6.62. The summed E-state index contributed by atoms with van der Waals surface area (Å²) in [6.45, 7) is 9.76. The Bertz CT molecular complexity index is 2120. The van der Waals surface area contributed by atoms with Gasteiger partial charge in [0.1, 0.15) is 29.4 Å². The third kappa shape index (κ3) is 13.0. The maximum absolute atomic E-state index is 13.3. The van der Waals surface area contributed by atoms with Crippen LogP contribution in [0.4, 0.5) is 13.2 Å². The largest absolute Gasteiger partial charge is 0.497 e. The van der Waals surface area contributed by atoms with Crippen molar-refractivity contribution in [3.05, 3.63) is 128 Å². The van der Waals surface area contributed by atoms with Crippen molar-refractivity contribution in [1.82, 2.24) is 19.5 Å². The van der Waals surface area contributed by atoms with Crippen molar-refractivity contribution in [2.24, 2.45) is 0 Å². The fourth-order valence-electron chi connectivity index (χ4n) is 7.29. The molecule has 4 atom stereocenters. The third-order valence-electron chi connectivity index (χ3n) is 10.3. The minimum Gasteiger partial charge on any atom is -0.497 e. The van der Waals surface area contributed by atoms with E-state index in [1.54, 1.807) is 26.5 Å². The lowest BCUT2D eigenvalue weighted by Crippen LogP contribution is -2.39. The number of amides is 1. The molecule has 0 aliphatic carbocycles. The number of aromatic amines is 1. The number of halogens is 3. The van der Waals surface area contributed by atoms with Crippen molar-refractivity contribution in [2.75, 3.05) is 60.4 Å². The van der Waals surface area contributed by atoms with Crippen LogP contribution in [0, 0.1) is 6.92 Å². The molecule has 3 aromatic carbocycles. The molecule has 2 N–H and O–H groups in total. The number of nitrogens with zero attached hydrogens (tertiary/aromatic N) is 2. The van der Waals surface area contributed by atoms with Gasteiger partial charge in [-0.25, -0.2) is 9.46 Å². The SMILES string of the molecule is COc1ccc(C(OC[C@H]2O[C@@H](n3cc(C)c(=O)[nH]c3=O)C[C@@H]2OP(OCCOCCOCCNC(=O)C(F)(F)F)N(C(C)C)C(C)C)(c2ccccc2)c2ccc(OC)cc2)cc1. The number of aromatic nitrogens is 2. The van der Waals surface area contributed by atoms with Gasteiger partial charge in [-0.1, -0.05) is 54.6 Å². The van der Waals surface area contributed by atoms with E-state index < -0.39 is 55.9 Å². The Kier molecular flexibility index (Phi) is 18.5. The molecule has 1 fully saturated rings. The molecule has 15 nitrogen and oxygen atoms in total. The van der Waals surface area contributed by atoms with Crippen LogP contribution in [-0.2, 0) is 38.4 Å². The average molecular weight is 919 g/mol. The molecule has 64 heavy (non-hydrogen) atoms. The van der Waals surface area contributed by atoms with Crippen molar-refractivity contribution < 1.29 is 55.4 Å². The Morgan fingerprint density at radius 1 is 0.844 bits per heavy atom. The number of rotatable bonds is 24. The van der Waals surface area contributed by atoms with E-state index in [1.807, 2.05) is 107 Å². The molecule has 5 rings (SSSR count). The minimum absolute atomic E-state index is 0.0218. The van der Waals surface area contributed by atoms with E-state index >= 15 is 0 Å². The van der Waals surface area contributed by atoms with Crippen LogP contribution in [0.1, 0.15) is 62.6 Å². The van der Waals surface area contributed by atoms with E-state index in [9.17, 15) is 27.6 Å². The van der Waals surface area contributed by atoms with E-state index in [2.05, 4.69) is 9.65 Å². The maximum atomic E-state index is 13.3. The number of methoxy groups -OCH3 is 2. The van der Waals surface area contributed by atoms with Crippen molar-refractivity contribution in [3.8, 4) is 11.5 Å². The van der Waals surface area contributed by atoms with Gasteiger partial charge in [0.05, 0.1) is 60.0 Å². The zero-order chi connectivity index (χ0) is 46.4. The quantitative estimate of drug-likeness (QED) is 0.0440. The molecule has 1 aliphatic heterocycles. The van der Waals surface area contributed by atoms with Crippen LogP contribution >= 0.6 is 8.53 Å². The number of benzene rings is 3. The van der Waals surface area contributed by atoms with Gasteiger partial charge in [0.25, 0.3) is 14.1 Å². The molecule has 1 amide bonds. The highest BCUT2D eigenvalue weighted by molar-refractivity contribution is 7.44. The van der Waals surface area contributed by atoms with Crippen LogP contribution in [0.2, 0.25) is 0 Å². The number of carbonyl (C=O) groups excluding carboxylic acids is 1. The zero-order valence-corrected chi connectivity index (χ0v) is 38.0. The normalized spacial score (nSPS) is 17.3. The van der Waals surface area contributed by atoms with Crippen LogP contribution in [-0.4, -0.2) is 111 Å². The number of ether oxygens (including phenoxy) is 6. The first-order chi connectivity index (χ1) is 30.6. The van der Waals surface area contributed by atoms with Gasteiger partial charge >= 0.3 is 17.8 Å². The molecule has 1 aromatic heterocycles. The van der Waals surface area contributed by atoms with Crippen molar-refractivity contribution in [3.63, 3.8) is 0 Å². The van der Waals surface area contributed by atoms with Gasteiger partial charge < -0.3 is 42.8 Å². The van der Waals surface area contributed by atoms with Gasteiger partial charge in [-0.2, -0.15) is 13.2 Å². The van der Waals surface area contributed by atoms with Crippen LogP contribution in [0.25, 0.3) is 0 Å². The van der Waals surface area contributed by atoms with E-state index in [0.29, 0.717) is 17.1 Å². The molecule has 4 aromatic rings. The second kappa shape index (κ2) is 23.5. The lowest BCUT2D eigenvalue weighted by atomic mass is 9.80. The summed E-state index contributed by atoms with van der Waals surface area (Å²) in [5, 5.41) is 1.75. The van der Waals surface area contributed by atoms with Gasteiger partial charge in [0.2, 0.25) is 0 Å². The summed E-state index contributed by atoms with van der Waals surface area (Å²) in [5.74, 6) is -0.695. The van der Waals surface area contributed by atoms with Gasteiger partial charge in [-0.05, 0) is 75.6 Å². The van der Waals surface area contributed by atoms with Crippen LogP contribution in [0.5, 0.6) is 11.5 Å². The zero-order valence-electron chi connectivity index (χ0n) is 37.1. The molecule has 1 unspecified atom stereocenters. The van der Waals surface area contributed by atoms with Crippen molar-refractivity contribution in [1.29, 1.82) is 0 Å². The van der Waals surface area contributed by atoms with Gasteiger partial charge in [0, 0.05) is 36.8 Å². The fraction of sp³-hybridized carbons (Fsp3) is 0.489. The summed E-state index contributed by atoms with van der Waals surface area (Å²) >= 11 is 0. The third-order valence-corrected chi connectivity index (χ3v) is 12.5. The molecule has 0 bridgehead atoms. The van der Waals surface area contributed by atoms with Crippen molar-refractivity contribution in [2.45, 2.75) is 83.3 Å². The number of hydrogen-bond donors (Lipinski definition) is 2. The Balaban J connectivity index is 1.42. The fourth-order valence-corrected chi connectivity index (χ4v) is 9.03. The molecule has 1 saturated heterocycles. The highest BCUT2D eigenvalue weighted by Gasteiger charge is 2.45.